The van der Waals surface area contributed by atoms with Crippen molar-refractivity contribution < 1.29 is 0 Å². The largest absolute Gasteiger partial charge is 0.103 e. The first-order valence-electron chi connectivity index (χ1n) is 4.79. The highest BCUT2D eigenvalue weighted by atomic mass is 28.3. The van der Waals surface area contributed by atoms with Gasteiger partial charge in [0, 0.05) is 0 Å². The molecule has 0 unspecified atom stereocenters. The van der Waals surface area contributed by atoms with Crippen LogP contribution in [0, 0.1) is 0 Å². The van der Waals surface area contributed by atoms with Crippen LogP contribution in [0.1, 0.15) is 26.2 Å². The molecule has 0 aliphatic rings. The Balaban J connectivity index is 3.95. The van der Waals surface area contributed by atoms with E-state index in [9.17, 15) is 0 Å². The fourth-order valence-electron chi connectivity index (χ4n) is 1.39. The van der Waals surface area contributed by atoms with E-state index in [1.54, 1.807) is 5.20 Å². The van der Waals surface area contributed by atoms with Crippen molar-refractivity contribution in [1.82, 2.24) is 0 Å². The third-order valence-corrected chi connectivity index (χ3v) is 4.63. The molecular weight excluding hydrogens is 160 g/mol. The summed E-state index contributed by atoms with van der Waals surface area (Å²) in [7, 11) is -1.01. The Hall–Kier alpha value is -0.303. The maximum atomic E-state index is 3.74. The van der Waals surface area contributed by atoms with Crippen LogP contribution in [0.4, 0.5) is 0 Å². The Morgan fingerprint density at radius 1 is 1.33 bits per heavy atom. The standard InChI is InChI=1S/C11H22Si/c1-6-8-9-10-11(7-2)12(3,4)5/h6-7H,1,8-10H2,2-5H3/b11-7-. The van der Waals surface area contributed by atoms with Crippen LogP contribution in [-0.2, 0) is 0 Å². The molecule has 0 radical (unpaired) electrons. The summed E-state index contributed by atoms with van der Waals surface area (Å²) in [6, 6.07) is 0. The van der Waals surface area contributed by atoms with Crippen LogP contribution >= 0.6 is 0 Å². The molecule has 0 atom stereocenters. The van der Waals surface area contributed by atoms with Gasteiger partial charge in [0.15, 0.2) is 0 Å². The highest BCUT2D eigenvalue weighted by molar-refractivity contribution is 6.83. The van der Waals surface area contributed by atoms with Crippen molar-refractivity contribution in [2.75, 3.05) is 0 Å². The topological polar surface area (TPSA) is 0 Å². The highest BCUT2D eigenvalue weighted by Gasteiger charge is 2.17. The summed E-state index contributed by atoms with van der Waals surface area (Å²) in [5, 5.41) is 1.70. The zero-order valence-electron chi connectivity index (χ0n) is 8.98. The molecule has 12 heavy (non-hydrogen) atoms. The molecule has 0 aliphatic carbocycles. The van der Waals surface area contributed by atoms with Gasteiger partial charge in [-0.3, -0.25) is 0 Å². The molecule has 0 aromatic rings. The molecule has 0 bridgehead atoms. The van der Waals surface area contributed by atoms with Crippen molar-refractivity contribution in [3.05, 3.63) is 23.9 Å². The summed E-state index contributed by atoms with van der Waals surface area (Å²) >= 11 is 0. The van der Waals surface area contributed by atoms with Gasteiger partial charge in [0.05, 0.1) is 8.07 Å². The average Bonchev–Trinajstić information content (AvgIpc) is 1.95. The second-order valence-corrected chi connectivity index (χ2v) is 9.39. The van der Waals surface area contributed by atoms with Crippen LogP contribution in [0.15, 0.2) is 23.9 Å². The molecule has 0 saturated heterocycles. The van der Waals surface area contributed by atoms with E-state index >= 15 is 0 Å². The van der Waals surface area contributed by atoms with Gasteiger partial charge in [-0.25, -0.2) is 0 Å². The Bertz CT molecular complexity index is 160. The summed E-state index contributed by atoms with van der Waals surface area (Å²) < 4.78 is 0. The Morgan fingerprint density at radius 2 is 1.92 bits per heavy atom. The molecule has 1 heteroatoms. The van der Waals surface area contributed by atoms with E-state index in [1.807, 2.05) is 6.08 Å². The summed E-state index contributed by atoms with van der Waals surface area (Å²) in [6.45, 7) is 13.1. The predicted molar refractivity (Wildman–Crippen MR) is 61.2 cm³/mol. The van der Waals surface area contributed by atoms with Crippen LogP contribution in [-0.4, -0.2) is 8.07 Å². The Morgan fingerprint density at radius 3 is 2.25 bits per heavy atom. The van der Waals surface area contributed by atoms with Crippen LogP contribution in [0.25, 0.3) is 0 Å². The maximum Gasteiger partial charge on any atom is 0.0720 e. The van der Waals surface area contributed by atoms with E-state index in [0.29, 0.717) is 0 Å². The lowest BCUT2D eigenvalue weighted by atomic mass is 10.2. The SMILES string of the molecule is C=CCCC/C(=C/C)[Si](C)(C)C. The Kier molecular flexibility index (Phi) is 5.23. The van der Waals surface area contributed by atoms with Crippen molar-refractivity contribution in [2.45, 2.75) is 45.8 Å². The van der Waals surface area contributed by atoms with Gasteiger partial charge in [0.1, 0.15) is 0 Å². The van der Waals surface area contributed by atoms with Crippen molar-refractivity contribution in [1.29, 1.82) is 0 Å². The zero-order chi connectivity index (χ0) is 9.61. The van der Waals surface area contributed by atoms with Gasteiger partial charge < -0.3 is 0 Å². The van der Waals surface area contributed by atoms with Crippen LogP contribution < -0.4 is 0 Å². The van der Waals surface area contributed by atoms with E-state index in [0.717, 1.165) is 6.42 Å². The lowest BCUT2D eigenvalue weighted by molar-refractivity contribution is 0.853. The minimum Gasteiger partial charge on any atom is -0.103 e. The summed E-state index contributed by atoms with van der Waals surface area (Å²) in [5.74, 6) is 0. The van der Waals surface area contributed by atoms with E-state index < -0.39 is 8.07 Å². The van der Waals surface area contributed by atoms with Gasteiger partial charge in [0.25, 0.3) is 0 Å². The smallest absolute Gasteiger partial charge is 0.0720 e. The van der Waals surface area contributed by atoms with Crippen LogP contribution in [0.5, 0.6) is 0 Å². The van der Waals surface area contributed by atoms with Crippen molar-refractivity contribution in [3.8, 4) is 0 Å². The lowest BCUT2D eigenvalue weighted by Crippen LogP contribution is -2.23. The molecule has 0 aliphatic heterocycles. The number of hydrogen-bond acceptors (Lipinski definition) is 0. The molecular formula is C11H22Si. The first-order chi connectivity index (χ1) is 5.52. The van der Waals surface area contributed by atoms with Crippen molar-refractivity contribution >= 4 is 8.07 Å². The Labute approximate surface area is 78.4 Å². The fourth-order valence-corrected chi connectivity index (χ4v) is 3.18. The first-order valence-corrected chi connectivity index (χ1v) is 8.29. The third-order valence-electron chi connectivity index (χ3n) is 2.17. The lowest BCUT2D eigenvalue weighted by Gasteiger charge is -2.20. The number of rotatable bonds is 5. The molecule has 70 valence electrons. The molecule has 0 fully saturated rings. The predicted octanol–water partition coefficient (Wildman–Crippen LogP) is 4.17. The van der Waals surface area contributed by atoms with Gasteiger partial charge in [-0.1, -0.05) is 37.0 Å². The maximum absolute atomic E-state index is 3.74. The van der Waals surface area contributed by atoms with Crippen molar-refractivity contribution in [2.24, 2.45) is 0 Å². The molecule has 0 aromatic heterocycles. The zero-order valence-corrected chi connectivity index (χ0v) is 9.98. The molecule has 0 amide bonds. The molecule has 0 N–H and O–H groups in total. The normalized spacial score (nSPS) is 13.2. The van der Waals surface area contributed by atoms with Crippen LogP contribution in [0.2, 0.25) is 19.6 Å². The quantitative estimate of drug-likeness (QED) is 0.340. The van der Waals surface area contributed by atoms with E-state index in [2.05, 4.69) is 39.2 Å². The summed E-state index contributed by atoms with van der Waals surface area (Å²) in [6.07, 6.45) is 8.03. The minimum absolute atomic E-state index is 1.01. The first kappa shape index (κ1) is 11.7. The number of allylic oxidation sites excluding steroid dienone is 3. The monoisotopic (exact) mass is 182 g/mol. The molecule has 0 rings (SSSR count). The van der Waals surface area contributed by atoms with E-state index in [1.165, 1.54) is 12.8 Å². The van der Waals surface area contributed by atoms with E-state index in [-0.39, 0.29) is 0 Å². The molecule has 0 spiro atoms. The number of hydrogen-bond donors (Lipinski definition) is 0. The highest BCUT2D eigenvalue weighted by Crippen LogP contribution is 2.20. The second kappa shape index (κ2) is 5.36. The van der Waals surface area contributed by atoms with Gasteiger partial charge in [0.2, 0.25) is 0 Å². The third kappa shape index (κ3) is 4.55. The second-order valence-electron chi connectivity index (χ2n) is 4.24. The minimum atomic E-state index is -1.01. The van der Waals surface area contributed by atoms with Gasteiger partial charge in [-0.05, 0) is 26.2 Å². The summed E-state index contributed by atoms with van der Waals surface area (Å²) in [5.41, 5.74) is 0. The van der Waals surface area contributed by atoms with Gasteiger partial charge in [-0.15, -0.1) is 6.58 Å². The van der Waals surface area contributed by atoms with Crippen molar-refractivity contribution in [3.63, 3.8) is 0 Å². The van der Waals surface area contributed by atoms with Gasteiger partial charge >= 0.3 is 0 Å². The average molecular weight is 182 g/mol. The molecule has 0 heterocycles. The molecule has 0 nitrogen and oxygen atoms in total. The molecule has 0 aromatic carbocycles. The number of unbranched alkanes of at least 4 members (excludes halogenated alkanes) is 1. The van der Waals surface area contributed by atoms with Gasteiger partial charge in [-0.2, -0.15) is 0 Å². The summed E-state index contributed by atoms with van der Waals surface area (Å²) in [4.78, 5) is 0. The molecule has 0 saturated carbocycles. The fraction of sp³-hybridized carbons (Fsp3) is 0.636. The van der Waals surface area contributed by atoms with Crippen LogP contribution in [0.3, 0.4) is 0 Å². The van der Waals surface area contributed by atoms with E-state index in [4.69, 9.17) is 0 Å².